The lowest BCUT2D eigenvalue weighted by molar-refractivity contribution is 0.151. The van der Waals surface area contributed by atoms with E-state index in [0.29, 0.717) is 12.1 Å². The van der Waals surface area contributed by atoms with Crippen molar-refractivity contribution in [2.45, 2.75) is 26.3 Å². The average Bonchev–Trinajstić information content (AvgIpc) is 2.43. The predicted molar refractivity (Wildman–Crippen MR) is 72.4 cm³/mol. The maximum Gasteiger partial charge on any atom is 0.145 e. The van der Waals surface area contributed by atoms with E-state index in [9.17, 15) is 8.78 Å². The fraction of sp³-hybridized carbons (Fsp3) is 0.500. The van der Waals surface area contributed by atoms with Gasteiger partial charge < -0.3 is 10.9 Å². The molecule has 0 bridgehead atoms. The first-order valence-electron chi connectivity index (χ1n) is 6.59. The van der Waals surface area contributed by atoms with Crippen LogP contribution in [-0.2, 0) is 6.54 Å². The van der Waals surface area contributed by atoms with E-state index in [4.69, 9.17) is 10.9 Å². The Morgan fingerprint density at radius 2 is 2.05 bits per heavy atom. The molecular weight excluding hydrogens is 264 g/mol. The van der Waals surface area contributed by atoms with Gasteiger partial charge in [-0.15, -0.1) is 0 Å². The van der Waals surface area contributed by atoms with Gasteiger partial charge in [-0.25, -0.2) is 8.78 Å². The van der Waals surface area contributed by atoms with Gasteiger partial charge in [0, 0.05) is 23.6 Å². The summed E-state index contributed by atoms with van der Waals surface area (Å²) in [6.45, 7) is 3.85. The van der Waals surface area contributed by atoms with Crippen molar-refractivity contribution >= 4 is 5.84 Å². The van der Waals surface area contributed by atoms with Crippen LogP contribution in [0.5, 0.6) is 0 Å². The van der Waals surface area contributed by atoms with Crippen LogP contribution in [-0.4, -0.2) is 29.0 Å². The summed E-state index contributed by atoms with van der Waals surface area (Å²) in [5, 5.41) is 11.9. The Hall–Kier alpha value is -1.69. The van der Waals surface area contributed by atoms with Gasteiger partial charge in [0.05, 0.1) is 0 Å². The second-order valence-electron chi connectivity index (χ2n) is 5.56. The summed E-state index contributed by atoms with van der Waals surface area (Å²) in [6.07, 6.45) is 1.48. The molecule has 0 aromatic heterocycles. The van der Waals surface area contributed by atoms with E-state index in [1.54, 1.807) is 0 Å². The Morgan fingerprint density at radius 1 is 1.40 bits per heavy atom. The molecule has 1 fully saturated rings. The number of amidine groups is 1. The van der Waals surface area contributed by atoms with Crippen LogP contribution in [0, 0.1) is 17.0 Å². The van der Waals surface area contributed by atoms with Crippen molar-refractivity contribution in [2.24, 2.45) is 16.3 Å². The van der Waals surface area contributed by atoms with E-state index in [-0.39, 0.29) is 11.3 Å². The quantitative estimate of drug-likeness (QED) is 0.387. The molecule has 0 spiro atoms. The number of piperidine rings is 1. The zero-order valence-electron chi connectivity index (χ0n) is 11.4. The molecule has 0 amide bonds. The van der Waals surface area contributed by atoms with Crippen LogP contribution in [0.25, 0.3) is 0 Å². The maximum absolute atomic E-state index is 13.6. The number of oxime groups is 1. The van der Waals surface area contributed by atoms with Gasteiger partial charge in [0.15, 0.2) is 0 Å². The Labute approximate surface area is 116 Å². The molecule has 0 unspecified atom stereocenters. The summed E-state index contributed by atoms with van der Waals surface area (Å²) in [5.41, 5.74) is 5.87. The van der Waals surface area contributed by atoms with Crippen LogP contribution >= 0.6 is 0 Å². The minimum absolute atomic E-state index is 0.241. The third kappa shape index (κ3) is 3.07. The summed E-state index contributed by atoms with van der Waals surface area (Å²) < 4.78 is 26.5. The van der Waals surface area contributed by atoms with Crippen LogP contribution in [0.4, 0.5) is 8.78 Å². The highest BCUT2D eigenvalue weighted by molar-refractivity contribution is 5.85. The highest BCUT2D eigenvalue weighted by atomic mass is 19.1. The minimum atomic E-state index is -0.565. The first-order valence-corrected chi connectivity index (χ1v) is 6.59. The summed E-state index contributed by atoms with van der Waals surface area (Å²) in [7, 11) is 0. The molecule has 6 heteroatoms. The number of hydrogen-bond donors (Lipinski definition) is 2. The molecule has 20 heavy (non-hydrogen) atoms. The SMILES string of the molecule is CC1(/C(N)=N/O)CCN(Cc2ccc(F)cc2F)CC1. The largest absolute Gasteiger partial charge is 0.409 e. The van der Waals surface area contributed by atoms with Crippen molar-refractivity contribution in [3.63, 3.8) is 0 Å². The number of nitrogens with two attached hydrogens (primary N) is 1. The zero-order chi connectivity index (χ0) is 14.8. The molecule has 0 aliphatic carbocycles. The van der Waals surface area contributed by atoms with Crippen molar-refractivity contribution in [1.29, 1.82) is 0 Å². The first-order chi connectivity index (χ1) is 9.44. The van der Waals surface area contributed by atoms with E-state index >= 15 is 0 Å². The van der Waals surface area contributed by atoms with E-state index < -0.39 is 11.6 Å². The molecule has 0 atom stereocenters. The Bertz CT molecular complexity index is 511. The van der Waals surface area contributed by atoms with E-state index in [0.717, 1.165) is 32.0 Å². The molecule has 1 aliphatic rings. The van der Waals surface area contributed by atoms with Gasteiger partial charge >= 0.3 is 0 Å². The topological polar surface area (TPSA) is 61.9 Å². The first kappa shape index (κ1) is 14.7. The van der Waals surface area contributed by atoms with Crippen molar-refractivity contribution < 1.29 is 14.0 Å². The summed E-state index contributed by atoms with van der Waals surface area (Å²) in [4.78, 5) is 2.09. The van der Waals surface area contributed by atoms with Gasteiger partial charge in [0.2, 0.25) is 0 Å². The molecule has 4 nitrogen and oxygen atoms in total. The van der Waals surface area contributed by atoms with Crippen molar-refractivity contribution in [3.8, 4) is 0 Å². The predicted octanol–water partition coefficient (Wildman–Crippen LogP) is 2.31. The number of hydrogen-bond acceptors (Lipinski definition) is 3. The van der Waals surface area contributed by atoms with Crippen molar-refractivity contribution in [2.75, 3.05) is 13.1 Å². The highest BCUT2D eigenvalue weighted by Crippen LogP contribution is 2.31. The van der Waals surface area contributed by atoms with Gasteiger partial charge in [-0.2, -0.15) is 0 Å². The summed E-state index contributed by atoms with van der Waals surface area (Å²) in [5.74, 6) is -0.843. The lowest BCUT2D eigenvalue weighted by atomic mass is 9.79. The van der Waals surface area contributed by atoms with Crippen LogP contribution in [0.1, 0.15) is 25.3 Å². The van der Waals surface area contributed by atoms with E-state index in [1.807, 2.05) is 6.92 Å². The fourth-order valence-electron chi connectivity index (χ4n) is 2.47. The Kier molecular flexibility index (Phi) is 4.23. The molecule has 1 saturated heterocycles. The van der Waals surface area contributed by atoms with Crippen molar-refractivity contribution in [1.82, 2.24) is 4.90 Å². The third-order valence-corrected chi connectivity index (χ3v) is 4.09. The van der Waals surface area contributed by atoms with Crippen LogP contribution in [0.2, 0.25) is 0 Å². The van der Waals surface area contributed by atoms with Crippen molar-refractivity contribution in [3.05, 3.63) is 35.4 Å². The van der Waals surface area contributed by atoms with Crippen LogP contribution < -0.4 is 5.73 Å². The molecule has 1 aliphatic heterocycles. The molecular formula is C14H19F2N3O. The molecule has 0 saturated carbocycles. The van der Waals surface area contributed by atoms with Gasteiger partial charge in [0.1, 0.15) is 17.5 Å². The standard InChI is InChI=1S/C14H19F2N3O/c1-14(13(17)18-20)4-6-19(7-5-14)9-10-2-3-11(15)8-12(10)16/h2-3,8,20H,4-7,9H2,1H3,(H2,17,18). The third-order valence-electron chi connectivity index (χ3n) is 4.09. The Balaban J connectivity index is 1.98. The molecule has 110 valence electrons. The second kappa shape index (κ2) is 5.75. The molecule has 1 aromatic carbocycles. The number of likely N-dealkylation sites (tertiary alicyclic amines) is 1. The zero-order valence-corrected chi connectivity index (χ0v) is 11.4. The Morgan fingerprint density at radius 3 is 2.60 bits per heavy atom. The highest BCUT2D eigenvalue weighted by Gasteiger charge is 2.34. The maximum atomic E-state index is 13.6. The van der Waals surface area contributed by atoms with Crippen LogP contribution in [0.15, 0.2) is 23.4 Å². The van der Waals surface area contributed by atoms with Gasteiger partial charge in [-0.05, 0) is 32.0 Å². The lowest BCUT2D eigenvalue weighted by Gasteiger charge is -2.38. The molecule has 2 rings (SSSR count). The average molecular weight is 283 g/mol. The van der Waals surface area contributed by atoms with E-state index in [1.165, 1.54) is 12.1 Å². The fourth-order valence-corrected chi connectivity index (χ4v) is 2.47. The number of nitrogens with zero attached hydrogens (tertiary/aromatic N) is 2. The molecule has 1 heterocycles. The number of benzene rings is 1. The summed E-state index contributed by atoms with van der Waals surface area (Å²) in [6, 6.07) is 3.64. The normalized spacial score (nSPS) is 20.1. The lowest BCUT2D eigenvalue weighted by Crippen LogP contribution is -2.45. The molecule has 0 radical (unpaired) electrons. The second-order valence-corrected chi connectivity index (χ2v) is 5.56. The monoisotopic (exact) mass is 283 g/mol. The molecule has 1 aromatic rings. The van der Waals surface area contributed by atoms with Gasteiger partial charge in [0.25, 0.3) is 0 Å². The molecule has 3 N–H and O–H groups in total. The van der Waals surface area contributed by atoms with Crippen LogP contribution in [0.3, 0.4) is 0 Å². The van der Waals surface area contributed by atoms with Gasteiger partial charge in [-0.1, -0.05) is 18.1 Å². The van der Waals surface area contributed by atoms with E-state index in [2.05, 4.69) is 10.1 Å². The minimum Gasteiger partial charge on any atom is -0.409 e. The smallest absolute Gasteiger partial charge is 0.145 e. The van der Waals surface area contributed by atoms with Gasteiger partial charge in [-0.3, -0.25) is 4.90 Å². The number of halogens is 2. The summed E-state index contributed by atoms with van der Waals surface area (Å²) >= 11 is 0. The number of rotatable bonds is 3.